The zero-order chi connectivity index (χ0) is 7.40. The van der Waals surface area contributed by atoms with Crippen LogP contribution in [0.1, 0.15) is 19.3 Å². The molecule has 0 aromatic carbocycles. The van der Waals surface area contributed by atoms with E-state index in [-0.39, 0.29) is 0 Å². The Morgan fingerprint density at radius 1 is 1.80 bits per heavy atom. The number of nitrogens with two attached hydrogens (primary N) is 1. The fourth-order valence-corrected chi connectivity index (χ4v) is 1.03. The largest absolute Gasteiger partial charge is 0.445 e. The fourth-order valence-electron chi connectivity index (χ4n) is 1.03. The SMILES string of the molecule is NC(=O)OCC1=CCCC1. The summed E-state index contributed by atoms with van der Waals surface area (Å²) in [6.45, 7) is 0.384. The third-order valence-corrected chi connectivity index (χ3v) is 1.53. The summed E-state index contributed by atoms with van der Waals surface area (Å²) in [4.78, 5) is 10.1. The molecule has 0 radical (unpaired) electrons. The van der Waals surface area contributed by atoms with E-state index < -0.39 is 6.09 Å². The first-order chi connectivity index (χ1) is 4.79. The van der Waals surface area contributed by atoms with Crippen LogP contribution in [0.5, 0.6) is 0 Å². The van der Waals surface area contributed by atoms with Gasteiger partial charge in [0, 0.05) is 0 Å². The molecular formula is C7H11NO2. The highest BCUT2D eigenvalue weighted by atomic mass is 16.5. The second kappa shape index (κ2) is 3.25. The highest BCUT2D eigenvalue weighted by Gasteiger charge is 2.05. The predicted molar refractivity (Wildman–Crippen MR) is 37.5 cm³/mol. The molecule has 10 heavy (non-hydrogen) atoms. The summed E-state index contributed by atoms with van der Waals surface area (Å²) in [6.07, 6.45) is 4.75. The molecule has 1 aliphatic carbocycles. The Balaban J connectivity index is 2.19. The lowest BCUT2D eigenvalue weighted by atomic mass is 10.2. The van der Waals surface area contributed by atoms with E-state index in [9.17, 15) is 4.79 Å². The molecule has 56 valence electrons. The van der Waals surface area contributed by atoms with Crippen molar-refractivity contribution in [2.24, 2.45) is 5.73 Å². The normalized spacial score (nSPS) is 16.6. The standard InChI is InChI=1S/C7H11NO2/c8-7(9)10-5-6-3-1-2-4-6/h3H,1-2,4-5H2,(H2,8,9). The van der Waals surface area contributed by atoms with Crippen LogP contribution in [0.2, 0.25) is 0 Å². The molecule has 2 N–H and O–H groups in total. The second-order valence-electron chi connectivity index (χ2n) is 2.36. The van der Waals surface area contributed by atoms with Crippen molar-refractivity contribution < 1.29 is 9.53 Å². The lowest BCUT2D eigenvalue weighted by molar-refractivity contribution is 0.166. The maximum absolute atomic E-state index is 10.1. The molecule has 0 saturated carbocycles. The maximum Gasteiger partial charge on any atom is 0.404 e. The number of amides is 1. The summed E-state index contributed by atoms with van der Waals surface area (Å²) >= 11 is 0. The quantitative estimate of drug-likeness (QED) is 0.587. The number of hydrogen-bond donors (Lipinski definition) is 1. The van der Waals surface area contributed by atoms with Gasteiger partial charge in [0.2, 0.25) is 0 Å². The van der Waals surface area contributed by atoms with Crippen molar-refractivity contribution in [1.82, 2.24) is 0 Å². The molecule has 0 aliphatic heterocycles. The number of primary amides is 1. The van der Waals surface area contributed by atoms with Crippen LogP contribution < -0.4 is 5.73 Å². The Hall–Kier alpha value is -0.990. The number of hydrogen-bond acceptors (Lipinski definition) is 2. The molecule has 1 amide bonds. The molecule has 0 aromatic heterocycles. The minimum atomic E-state index is -0.687. The van der Waals surface area contributed by atoms with Crippen LogP contribution in [0.4, 0.5) is 4.79 Å². The van der Waals surface area contributed by atoms with Crippen molar-refractivity contribution in [2.45, 2.75) is 19.3 Å². The van der Waals surface area contributed by atoms with Crippen LogP contribution in [0.25, 0.3) is 0 Å². The molecule has 3 heteroatoms. The van der Waals surface area contributed by atoms with Gasteiger partial charge in [-0.1, -0.05) is 6.08 Å². The highest BCUT2D eigenvalue weighted by Crippen LogP contribution is 2.17. The van der Waals surface area contributed by atoms with Crippen LogP contribution in [0, 0.1) is 0 Å². The van der Waals surface area contributed by atoms with Crippen LogP contribution in [-0.2, 0) is 4.74 Å². The van der Waals surface area contributed by atoms with E-state index in [0.717, 1.165) is 12.8 Å². The molecule has 0 aromatic rings. The minimum absolute atomic E-state index is 0.384. The van der Waals surface area contributed by atoms with E-state index >= 15 is 0 Å². The van der Waals surface area contributed by atoms with Crippen molar-refractivity contribution in [3.63, 3.8) is 0 Å². The van der Waals surface area contributed by atoms with Crippen LogP contribution in [-0.4, -0.2) is 12.7 Å². The average Bonchev–Trinajstić information content (AvgIpc) is 2.34. The zero-order valence-corrected chi connectivity index (χ0v) is 5.80. The van der Waals surface area contributed by atoms with E-state index in [2.05, 4.69) is 10.8 Å². The molecule has 0 unspecified atom stereocenters. The second-order valence-corrected chi connectivity index (χ2v) is 2.36. The molecule has 0 spiro atoms. The lowest BCUT2D eigenvalue weighted by Crippen LogP contribution is -2.14. The van der Waals surface area contributed by atoms with E-state index in [1.54, 1.807) is 0 Å². The molecule has 0 heterocycles. The van der Waals surface area contributed by atoms with Crippen molar-refractivity contribution in [3.8, 4) is 0 Å². The first-order valence-corrected chi connectivity index (χ1v) is 3.39. The molecule has 3 nitrogen and oxygen atoms in total. The van der Waals surface area contributed by atoms with Gasteiger partial charge in [-0.3, -0.25) is 0 Å². The number of rotatable bonds is 2. The molecule has 0 fully saturated rings. The Morgan fingerprint density at radius 2 is 2.60 bits per heavy atom. The van der Waals surface area contributed by atoms with E-state index in [1.807, 2.05) is 0 Å². The smallest absolute Gasteiger partial charge is 0.404 e. The summed E-state index contributed by atoms with van der Waals surface area (Å²) in [5, 5.41) is 0. The number of carbonyl (C=O) groups is 1. The topological polar surface area (TPSA) is 52.3 Å². The monoisotopic (exact) mass is 141 g/mol. The molecule has 0 atom stereocenters. The van der Waals surface area contributed by atoms with E-state index in [0.29, 0.717) is 6.61 Å². The van der Waals surface area contributed by atoms with E-state index in [1.165, 1.54) is 12.0 Å². The van der Waals surface area contributed by atoms with Gasteiger partial charge >= 0.3 is 6.09 Å². The van der Waals surface area contributed by atoms with Crippen LogP contribution >= 0.6 is 0 Å². The Kier molecular flexibility index (Phi) is 2.31. The van der Waals surface area contributed by atoms with Crippen LogP contribution in [0.3, 0.4) is 0 Å². The minimum Gasteiger partial charge on any atom is -0.445 e. The van der Waals surface area contributed by atoms with Crippen molar-refractivity contribution in [3.05, 3.63) is 11.6 Å². The molecule has 1 aliphatic rings. The van der Waals surface area contributed by atoms with Crippen molar-refractivity contribution in [2.75, 3.05) is 6.61 Å². The predicted octanol–water partition coefficient (Wildman–Crippen LogP) is 1.19. The molecule has 0 saturated heterocycles. The van der Waals surface area contributed by atoms with Crippen molar-refractivity contribution >= 4 is 6.09 Å². The zero-order valence-electron chi connectivity index (χ0n) is 5.80. The average molecular weight is 141 g/mol. The van der Waals surface area contributed by atoms with Gasteiger partial charge in [0.05, 0.1) is 0 Å². The summed E-state index contributed by atoms with van der Waals surface area (Å²) < 4.78 is 4.60. The first kappa shape index (κ1) is 7.12. The third-order valence-electron chi connectivity index (χ3n) is 1.53. The molecular weight excluding hydrogens is 130 g/mol. The molecule has 1 rings (SSSR count). The lowest BCUT2D eigenvalue weighted by Gasteiger charge is -2.00. The van der Waals surface area contributed by atoms with Gasteiger partial charge in [-0.15, -0.1) is 0 Å². The third kappa shape index (κ3) is 2.09. The van der Waals surface area contributed by atoms with Gasteiger partial charge in [0.25, 0.3) is 0 Å². The van der Waals surface area contributed by atoms with Gasteiger partial charge in [0.15, 0.2) is 0 Å². The van der Waals surface area contributed by atoms with Gasteiger partial charge in [-0.05, 0) is 24.8 Å². The van der Waals surface area contributed by atoms with Crippen molar-refractivity contribution in [1.29, 1.82) is 0 Å². The summed E-state index contributed by atoms with van der Waals surface area (Å²) in [5.41, 5.74) is 5.98. The van der Waals surface area contributed by atoms with Crippen LogP contribution in [0.15, 0.2) is 11.6 Å². The maximum atomic E-state index is 10.1. The van der Waals surface area contributed by atoms with Gasteiger partial charge in [-0.25, -0.2) is 4.79 Å². The molecule has 0 bridgehead atoms. The summed E-state index contributed by atoms with van der Waals surface area (Å²) in [5.74, 6) is 0. The summed E-state index contributed by atoms with van der Waals surface area (Å²) in [7, 11) is 0. The van der Waals surface area contributed by atoms with E-state index in [4.69, 9.17) is 5.73 Å². The van der Waals surface area contributed by atoms with Gasteiger partial charge in [-0.2, -0.15) is 0 Å². The number of allylic oxidation sites excluding steroid dienone is 1. The van der Waals surface area contributed by atoms with Gasteiger partial charge < -0.3 is 10.5 Å². The summed E-state index contributed by atoms with van der Waals surface area (Å²) in [6, 6.07) is 0. The Morgan fingerprint density at radius 3 is 3.10 bits per heavy atom. The Labute approximate surface area is 59.8 Å². The number of carbonyl (C=O) groups excluding carboxylic acids is 1. The fraction of sp³-hybridized carbons (Fsp3) is 0.571. The highest BCUT2D eigenvalue weighted by molar-refractivity contribution is 5.64. The van der Waals surface area contributed by atoms with Gasteiger partial charge in [0.1, 0.15) is 6.61 Å². The first-order valence-electron chi connectivity index (χ1n) is 3.39. The Bertz CT molecular complexity index is 163. The number of ether oxygens (including phenoxy) is 1.